The third-order valence-corrected chi connectivity index (χ3v) is 2.15. The predicted octanol–water partition coefficient (Wildman–Crippen LogP) is 1.44. The molecule has 2 rings (SSSR count). The van der Waals surface area contributed by atoms with Crippen molar-refractivity contribution in [1.29, 1.82) is 0 Å². The molecular formula is C10H10N2O. The first-order valence-corrected chi connectivity index (χ1v) is 4.10. The predicted molar refractivity (Wildman–Crippen MR) is 51.6 cm³/mol. The Morgan fingerprint density at radius 3 is 3.00 bits per heavy atom. The van der Waals surface area contributed by atoms with Crippen LogP contribution in [-0.4, -0.2) is 11.3 Å². The number of nitrogens with one attached hydrogen (secondary N) is 1. The van der Waals surface area contributed by atoms with Crippen molar-refractivity contribution in [1.82, 2.24) is 4.98 Å². The smallest absolute Gasteiger partial charge is 0.150 e. The van der Waals surface area contributed by atoms with E-state index in [4.69, 9.17) is 5.73 Å². The Balaban J connectivity index is 2.67. The average Bonchev–Trinajstić information content (AvgIpc) is 2.59. The van der Waals surface area contributed by atoms with Crippen LogP contribution in [0.5, 0.6) is 0 Å². The fourth-order valence-corrected chi connectivity index (χ4v) is 1.45. The van der Waals surface area contributed by atoms with E-state index >= 15 is 0 Å². The fraction of sp³-hybridized carbons (Fsp3) is 0.100. The van der Waals surface area contributed by atoms with Gasteiger partial charge >= 0.3 is 0 Å². The number of aromatic nitrogens is 1. The number of carbonyl (C=O) groups excluding carboxylic acids is 1. The quantitative estimate of drug-likeness (QED) is 0.677. The number of hydrogen-bond acceptors (Lipinski definition) is 2. The van der Waals surface area contributed by atoms with E-state index in [1.165, 1.54) is 0 Å². The summed E-state index contributed by atoms with van der Waals surface area (Å²) >= 11 is 0. The van der Waals surface area contributed by atoms with E-state index < -0.39 is 0 Å². The second-order valence-corrected chi connectivity index (χ2v) is 2.94. The topological polar surface area (TPSA) is 58.9 Å². The number of rotatable bonds is 2. The number of aldehydes is 1. The Kier molecular flexibility index (Phi) is 1.87. The summed E-state index contributed by atoms with van der Waals surface area (Å²) in [6.07, 6.45) is 2.71. The fourth-order valence-electron chi connectivity index (χ4n) is 1.45. The molecular weight excluding hydrogens is 164 g/mol. The summed E-state index contributed by atoms with van der Waals surface area (Å²) in [5.41, 5.74) is 8.26. The third kappa shape index (κ3) is 1.23. The van der Waals surface area contributed by atoms with Gasteiger partial charge in [0.05, 0.1) is 0 Å². The van der Waals surface area contributed by atoms with Crippen LogP contribution in [0.25, 0.3) is 10.9 Å². The summed E-state index contributed by atoms with van der Waals surface area (Å²) in [5.74, 6) is 0. The third-order valence-electron chi connectivity index (χ3n) is 2.15. The van der Waals surface area contributed by atoms with E-state index in [2.05, 4.69) is 4.98 Å². The molecule has 0 fully saturated rings. The minimum Gasteiger partial charge on any atom is -0.361 e. The Morgan fingerprint density at radius 2 is 2.31 bits per heavy atom. The van der Waals surface area contributed by atoms with Gasteiger partial charge in [-0.2, -0.15) is 0 Å². The van der Waals surface area contributed by atoms with Crippen molar-refractivity contribution in [3.05, 3.63) is 35.5 Å². The van der Waals surface area contributed by atoms with Crippen molar-refractivity contribution in [2.75, 3.05) is 0 Å². The highest BCUT2D eigenvalue weighted by Crippen LogP contribution is 2.18. The largest absolute Gasteiger partial charge is 0.361 e. The number of carbonyl (C=O) groups is 1. The van der Waals surface area contributed by atoms with Gasteiger partial charge in [0.2, 0.25) is 0 Å². The molecule has 0 aliphatic carbocycles. The molecule has 13 heavy (non-hydrogen) atoms. The molecule has 3 nitrogen and oxygen atoms in total. The van der Waals surface area contributed by atoms with E-state index in [1.54, 1.807) is 6.07 Å². The molecule has 66 valence electrons. The summed E-state index contributed by atoms with van der Waals surface area (Å²) in [7, 11) is 0. The second kappa shape index (κ2) is 3.03. The normalized spacial score (nSPS) is 10.5. The van der Waals surface area contributed by atoms with Gasteiger partial charge in [0.1, 0.15) is 6.29 Å². The molecule has 0 saturated carbocycles. The van der Waals surface area contributed by atoms with Crippen molar-refractivity contribution in [3.63, 3.8) is 0 Å². The lowest BCUT2D eigenvalue weighted by Gasteiger charge is -1.94. The number of H-pyrrole nitrogens is 1. The molecule has 0 saturated heterocycles. The molecule has 3 heteroatoms. The summed E-state index contributed by atoms with van der Waals surface area (Å²) in [6, 6.07) is 5.53. The molecule has 0 spiro atoms. The molecule has 0 unspecified atom stereocenters. The first-order chi connectivity index (χ1) is 6.35. The van der Waals surface area contributed by atoms with Gasteiger partial charge in [-0.25, -0.2) is 0 Å². The van der Waals surface area contributed by atoms with Crippen molar-refractivity contribution in [2.45, 2.75) is 6.54 Å². The summed E-state index contributed by atoms with van der Waals surface area (Å²) in [6.45, 7) is 0.514. The van der Waals surface area contributed by atoms with Crippen LogP contribution < -0.4 is 5.73 Å². The molecule has 1 heterocycles. The molecule has 0 aliphatic heterocycles. The molecule has 0 atom stereocenters. The molecule has 3 N–H and O–H groups in total. The molecule has 1 aromatic carbocycles. The summed E-state index contributed by atoms with van der Waals surface area (Å²) in [4.78, 5) is 13.6. The lowest BCUT2D eigenvalue weighted by Crippen LogP contribution is -1.93. The van der Waals surface area contributed by atoms with Crippen LogP contribution in [0.3, 0.4) is 0 Å². The molecule has 0 bridgehead atoms. The summed E-state index contributed by atoms with van der Waals surface area (Å²) in [5, 5.41) is 1.09. The lowest BCUT2D eigenvalue weighted by atomic mass is 10.1. The molecule has 0 amide bonds. The highest BCUT2D eigenvalue weighted by Gasteiger charge is 2.01. The van der Waals surface area contributed by atoms with Gasteiger partial charge in [0.15, 0.2) is 0 Å². The maximum absolute atomic E-state index is 10.5. The van der Waals surface area contributed by atoms with Crippen LogP contribution in [0.15, 0.2) is 24.4 Å². The molecule has 1 aromatic heterocycles. The first kappa shape index (κ1) is 8.01. The standard InChI is InChI=1S/C10H10N2O/c11-4-8-5-12-10-3-7(6-13)1-2-9(8)10/h1-3,5-6,12H,4,11H2. The van der Waals surface area contributed by atoms with Gasteiger partial charge in [-0.05, 0) is 11.6 Å². The number of benzene rings is 1. The van der Waals surface area contributed by atoms with Crippen LogP contribution in [0.4, 0.5) is 0 Å². The van der Waals surface area contributed by atoms with E-state index in [0.717, 1.165) is 22.8 Å². The zero-order valence-corrected chi connectivity index (χ0v) is 7.08. The monoisotopic (exact) mass is 174 g/mol. The SMILES string of the molecule is NCc1c[nH]c2cc(C=O)ccc12. The average molecular weight is 174 g/mol. The molecule has 0 radical (unpaired) electrons. The minimum atomic E-state index is 0.514. The van der Waals surface area contributed by atoms with Crippen molar-refractivity contribution in [3.8, 4) is 0 Å². The second-order valence-electron chi connectivity index (χ2n) is 2.94. The Hall–Kier alpha value is -1.61. The van der Waals surface area contributed by atoms with E-state index in [-0.39, 0.29) is 0 Å². The Bertz CT molecular complexity index is 445. The van der Waals surface area contributed by atoms with Crippen molar-refractivity contribution >= 4 is 17.2 Å². The number of nitrogens with two attached hydrogens (primary N) is 1. The Morgan fingerprint density at radius 1 is 1.46 bits per heavy atom. The maximum atomic E-state index is 10.5. The highest BCUT2D eigenvalue weighted by atomic mass is 16.1. The number of fused-ring (bicyclic) bond motifs is 1. The lowest BCUT2D eigenvalue weighted by molar-refractivity contribution is 0.112. The van der Waals surface area contributed by atoms with E-state index in [0.29, 0.717) is 12.1 Å². The van der Waals surface area contributed by atoms with Crippen LogP contribution >= 0.6 is 0 Å². The van der Waals surface area contributed by atoms with Crippen molar-refractivity contribution < 1.29 is 4.79 Å². The van der Waals surface area contributed by atoms with Gasteiger partial charge < -0.3 is 10.7 Å². The van der Waals surface area contributed by atoms with Gasteiger partial charge in [0.25, 0.3) is 0 Å². The van der Waals surface area contributed by atoms with Gasteiger partial charge in [-0.1, -0.05) is 12.1 Å². The van der Waals surface area contributed by atoms with E-state index in [1.807, 2.05) is 18.3 Å². The molecule has 0 aliphatic rings. The minimum absolute atomic E-state index is 0.514. The van der Waals surface area contributed by atoms with Crippen molar-refractivity contribution in [2.24, 2.45) is 5.73 Å². The zero-order valence-electron chi connectivity index (χ0n) is 7.08. The number of hydrogen-bond donors (Lipinski definition) is 2. The van der Waals surface area contributed by atoms with Gasteiger partial charge in [-0.3, -0.25) is 4.79 Å². The molecule has 2 aromatic rings. The maximum Gasteiger partial charge on any atom is 0.150 e. The Labute approximate surface area is 75.6 Å². The van der Waals surface area contributed by atoms with Crippen LogP contribution in [0.1, 0.15) is 15.9 Å². The zero-order chi connectivity index (χ0) is 9.26. The van der Waals surface area contributed by atoms with Crippen LogP contribution in [0, 0.1) is 0 Å². The highest BCUT2D eigenvalue weighted by molar-refractivity contribution is 5.89. The van der Waals surface area contributed by atoms with E-state index in [9.17, 15) is 4.79 Å². The van der Waals surface area contributed by atoms with Crippen LogP contribution in [0.2, 0.25) is 0 Å². The first-order valence-electron chi connectivity index (χ1n) is 4.10. The van der Waals surface area contributed by atoms with Crippen LogP contribution in [-0.2, 0) is 6.54 Å². The van der Waals surface area contributed by atoms with Gasteiger partial charge in [-0.15, -0.1) is 0 Å². The number of aromatic amines is 1. The van der Waals surface area contributed by atoms with Gasteiger partial charge in [0, 0.05) is 29.2 Å². The summed E-state index contributed by atoms with van der Waals surface area (Å²) < 4.78 is 0.